The number of hydrogen-bond acceptors (Lipinski definition) is 3. The lowest BCUT2D eigenvalue weighted by Gasteiger charge is -2.14. The van der Waals surface area contributed by atoms with Gasteiger partial charge in [0.1, 0.15) is 11.6 Å². The Kier molecular flexibility index (Phi) is 8.12. The fourth-order valence-corrected chi connectivity index (χ4v) is 2.76. The summed E-state index contributed by atoms with van der Waals surface area (Å²) in [5, 5.41) is 15.2. The fraction of sp³-hybridized carbons (Fsp3) is 0.304. The average Bonchev–Trinajstić information content (AvgIpc) is 2.71. The lowest BCUT2D eigenvalue weighted by atomic mass is 10.0. The van der Waals surface area contributed by atoms with Gasteiger partial charge in [-0.15, -0.1) is 0 Å². The zero-order valence-electron chi connectivity index (χ0n) is 16.0. The van der Waals surface area contributed by atoms with E-state index in [4.69, 9.17) is 0 Å². The van der Waals surface area contributed by atoms with Crippen molar-refractivity contribution in [3.63, 3.8) is 0 Å². The Morgan fingerprint density at radius 1 is 1.11 bits per heavy atom. The molecular formula is C23H27N3O. The van der Waals surface area contributed by atoms with Gasteiger partial charge in [0.25, 0.3) is 5.91 Å². The van der Waals surface area contributed by atoms with Crippen molar-refractivity contribution in [2.24, 2.45) is 0 Å². The lowest BCUT2D eigenvalue weighted by molar-refractivity contribution is -0.117. The molecule has 0 saturated heterocycles. The second kappa shape index (κ2) is 10.8. The zero-order valence-corrected chi connectivity index (χ0v) is 16.0. The van der Waals surface area contributed by atoms with E-state index in [1.165, 1.54) is 17.3 Å². The Hall–Kier alpha value is -3.06. The molecule has 2 N–H and O–H groups in total. The molecule has 1 atom stereocenters. The minimum Gasteiger partial charge on any atom is -0.390 e. The van der Waals surface area contributed by atoms with Gasteiger partial charge in [0.05, 0.1) is 6.04 Å². The van der Waals surface area contributed by atoms with E-state index in [0.717, 1.165) is 24.8 Å². The molecule has 1 unspecified atom stereocenters. The number of nitrogens with zero attached hydrogens (tertiary/aromatic N) is 1. The molecule has 27 heavy (non-hydrogen) atoms. The minimum atomic E-state index is -0.361. The van der Waals surface area contributed by atoms with Crippen molar-refractivity contribution in [2.45, 2.75) is 39.2 Å². The highest BCUT2D eigenvalue weighted by molar-refractivity contribution is 5.97. The van der Waals surface area contributed by atoms with Crippen molar-refractivity contribution in [3.05, 3.63) is 83.1 Å². The number of hydrogen-bond donors (Lipinski definition) is 2. The summed E-state index contributed by atoms with van der Waals surface area (Å²) in [5.41, 5.74) is 3.65. The van der Waals surface area contributed by atoms with E-state index in [0.29, 0.717) is 6.54 Å². The molecular weight excluding hydrogens is 334 g/mol. The lowest BCUT2D eigenvalue weighted by Crippen LogP contribution is -2.28. The van der Waals surface area contributed by atoms with Crippen molar-refractivity contribution in [1.82, 2.24) is 10.6 Å². The predicted octanol–water partition coefficient (Wildman–Crippen LogP) is 4.06. The maximum Gasteiger partial charge on any atom is 0.263 e. The molecule has 0 aromatic heterocycles. The normalized spacial score (nSPS) is 12.1. The summed E-state index contributed by atoms with van der Waals surface area (Å²) in [6.07, 6.45) is 4.38. The molecule has 0 bridgehead atoms. The number of nitrogens with one attached hydrogen (secondary N) is 2. The van der Waals surface area contributed by atoms with Crippen LogP contribution in [0.2, 0.25) is 0 Å². The molecule has 0 spiro atoms. The van der Waals surface area contributed by atoms with Gasteiger partial charge in [-0.25, -0.2) is 0 Å². The highest BCUT2D eigenvalue weighted by atomic mass is 16.1. The number of carbonyl (C=O) groups excluding carboxylic acids is 1. The molecule has 1 amide bonds. The third kappa shape index (κ3) is 6.63. The van der Waals surface area contributed by atoms with Crippen molar-refractivity contribution in [2.75, 3.05) is 6.54 Å². The summed E-state index contributed by atoms with van der Waals surface area (Å²) in [5.74, 6) is -0.361. The first-order chi connectivity index (χ1) is 13.1. The van der Waals surface area contributed by atoms with Crippen molar-refractivity contribution >= 4 is 5.91 Å². The second-order valence-electron chi connectivity index (χ2n) is 6.50. The van der Waals surface area contributed by atoms with Gasteiger partial charge in [0.2, 0.25) is 0 Å². The molecule has 0 radical (unpaired) electrons. The van der Waals surface area contributed by atoms with E-state index in [1.807, 2.05) is 43.3 Å². The van der Waals surface area contributed by atoms with Crippen molar-refractivity contribution < 1.29 is 4.79 Å². The summed E-state index contributed by atoms with van der Waals surface area (Å²) >= 11 is 0. The first-order valence-corrected chi connectivity index (χ1v) is 9.41. The van der Waals surface area contributed by atoms with Gasteiger partial charge in [0.15, 0.2) is 0 Å². The molecule has 4 nitrogen and oxygen atoms in total. The SMILES string of the molecule is CCc1ccc(C(C)NC(=O)/C(C#N)=C\NCCCc2ccccc2)cc1. The number of benzene rings is 2. The largest absolute Gasteiger partial charge is 0.390 e. The highest BCUT2D eigenvalue weighted by Crippen LogP contribution is 2.14. The Morgan fingerprint density at radius 2 is 1.81 bits per heavy atom. The third-order valence-corrected chi connectivity index (χ3v) is 4.48. The number of carbonyl (C=O) groups is 1. The van der Waals surface area contributed by atoms with Gasteiger partial charge in [0, 0.05) is 12.7 Å². The van der Waals surface area contributed by atoms with Crippen LogP contribution in [0.5, 0.6) is 0 Å². The van der Waals surface area contributed by atoms with Crippen LogP contribution in [-0.4, -0.2) is 12.5 Å². The fourth-order valence-electron chi connectivity index (χ4n) is 2.76. The van der Waals surface area contributed by atoms with E-state index in [2.05, 4.69) is 41.8 Å². The van der Waals surface area contributed by atoms with E-state index >= 15 is 0 Å². The van der Waals surface area contributed by atoms with Crippen LogP contribution in [0.3, 0.4) is 0 Å². The van der Waals surface area contributed by atoms with Gasteiger partial charge in [-0.05, 0) is 42.9 Å². The predicted molar refractivity (Wildman–Crippen MR) is 109 cm³/mol. The Bertz CT molecular complexity index is 789. The van der Waals surface area contributed by atoms with Gasteiger partial charge >= 0.3 is 0 Å². The van der Waals surface area contributed by atoms with Crippen LogP contribution in [0.4, 0.5) is 0 Å². The molecule has 2 rings (SSSR count). The smallest absolute Gasteiger partial charge is 0.263 e. The molecule has 0 heterocycles. The first-order valence-electron chi connectivity index (χ1n) is 9.41. The van der Waals surface area contributed by atoms with Crippen LogP contribution < -0.4 is 10.6 Å². The molecule has 2 aromatic carbocycles. The molecule has 2 aromatic rings. The molecule has 0 aliphatic rings. The number of amides is 1. The molecule has 140 valence electrons. The monoisotopic (exact) mass is 361 g/mol. The van der Waals surface area contributed by atoms with Crippen molar-refractivity contribution in [3.8, 4) is 6.07 Å². The quantitative estimate of drug-likeness (QED) is 0.402. The molecule has 4 heteroatoms. The summed E-state index contributed by atoms with van der Waals surface area (Å²) < 4.78 is 0. The third-order valence-electron chi connectivity index (χ3n) is 4.48. The molecule has 0 aliphatic carbocycles. The van der Waals surface area contributed by atoms with Crippen LogP contribution in [-0.2, 0) is 17.6 Å². The Morgan fingerprint density at radius 3 is 2.44 bits per heavy atom. The van der Waals surface area contributed by atoms with Crippen LogP contribution in [0.1, 0.15) is 43.0 Å². The second-order valence-corrected chi connectivity index (χ2v) is 6.50. The van der Waals surface area contributed by atoms with Crippen LogP contribution in [0.25, 0.3) is 0 Å². The zero-order chi connectivity index (χ0) is 19.5. The van der Waals surface area contributed by atoms with Gasteiger partial charge in [-0.1, -0.05) is 61.5 Å². The maximum atomic E-state index is 12.3. The number of aryl methyl sites for hydroxylation is 2. The summed E-state index contributed by atoms with van der Waals surface area (Å²) in [6, 6.07) is 20.2. The van der Waals surface area contributed by atoms with Gasteiger partial charge < -0.3 is 10.6 Å². The van der Waals surface area contributed by atoms with E-state index in [1.54, 1.807) is 0 Å². The summed E-state index contributed by atoms with van der Waals surface area (Å²) in [4.78, 5) is 12.3. The van der Waals surface area contributed by atoms with E-state index in [-0.39, 0.29) is 17.5 Å². The summed E-state index contributed by atoms with van der Waals surface area (Å²) in [7, 11) is 0. The average molecular weight is 361 g/mol. The molecule has 0 fully saturated rings. The van der Waals surface area contributed by atoms with Crippen LogP contribution in [0, 0.1) is 11.3 Å². The number of nitriles is 1. The first kappa shape index (κ1) is 20.3. The topological polar surface area (TPSA) is 64.9 Å². The van der Waals surface area contributed by atoms with Gasteiger partial charge in [-0.2, -0.15) is 5.26 Å². The van der Waals surface area contributed by atoms with Crippen molar-refractivity contribution in [1.29, 1.82) is 5.26 Å². The highest BCUT2D eigenvalue weighted by Gasteiger charge is 2.13. The van der Waals surface area contributed by atoms with Gasteiger partial charge in [-0.3, -0.25) is 4.79 Å². The minimum absolute atomic E-state index is 0.0896. The maximum absolute atomic E-state index is 12.3. The molecule has 0 saturated carbocycles. The Balaban J connectivity index is 1.81. The number of rotatable bonds is 9. The summed E-state index contributed by atoms with van der Waals surface area (Å²) in [6.45, 7) is 4.74. The van der Waals surface area contributed by atoms with E-state index in [9.17, 15) is 10.1 Å². The molecule has 0 aliphatic heterocycles. The Labute approximate surface area is 161 Å². The van der Waals surface area contributed by atoms with Crippen LogP contribution >= 0.6 is 0 Å². The van der Waals surface area contributed by atoms with E-state index < -0.39 is 0 Å². The van der Waals surface area contributed by atoms with Crippen LogP contribution in [0.15, 0.2) is 66.4 Å². The standard InChI is InChI=1S/C23H27N3O/c1-3-19-11-13-21(14-12-19)18(2)26-23(27)22(16-24)17-25-15-7-10-20-8-5-4-6-9-20/h4-6,8-9,11-14,17-18,25H,3,7,10,15H2,1-2H3,(H,26,27)/b22-17-.